The molecule has 1 aliphatic heterocycles. The van der Waals surface area contributed by atoms with Crippen molar-refractivity contribution in [1.82, 2.24) is 5.32 Å². The van der Waals surface area contributed by atoms with Crippen LogP contribution in [0.3, 0.4) is 0 Å². The Balaban J connectivity index is 2.19. The molecule has 2 nitrogen and oxygen atoms in total. The summed E-state index contributed by atoms with van der Waals surface area (Å²) in [5.41, 5.74) is 2.69. The van der Waals surface area contributed by atoms with E-state index in [0.29, 0.717) is 17.8 Å². The highest BCUT2D eigenvalue weighted by atomic mass is 16.5. The third kappa shape index (κ3) is 3.50. The SMILES string of the molecule is CC(C)c1cccc(C(C)C)c1OCC1CCNC1. The van der Waals surface area contributed by atoms with E-state index in [-0.39, 0.29) is 0 Å². The maximum absolute atomic E-state index is 6.23. The normalized spacial score (nSPS) is 19.4. The topological polar surface area (TPSA) is 21.3 Å². The Morgan fingerprint density at radius 1 is 1.16 bits per heavy atom. The van der Waals surface area contributed by atoms with Gasteiger partial charge in [-0.1, -0.05) is 45.9 Å². The first kappa shape index (κ1) is 14.4. The Labute approximate surface area is 117 Å². The molecule has 1 unspecified atom stereocenters. The first-order valence-electron chi connectivity index (χ1n) is 7.56. The van der Waals surface area contributed by atoms with Crippen LogP contribution in [0.15, 0.2) is 18.2 Å². The summed E-state index contributed by atoms with van der Waals surface area (Å²) in [7, 11) is 0. The zero-order chi connectivity index (χ0) is 13.8. The Hall–Kier alpha value is -1.02. The van der Waals surface area contributed by atoms with E-state index >= 15 is 0 Å². The minimum absolute atomic E-state index is 0.510. The second-order valence-corrected chi connectivity index (χ2v) is 6.24. The zero-order valence-electron chi connectivity index (χ0n) is 12.7. The fourth-order valence-corrected chi connectivity index (χ4v) is 2.71. The van der Waals surface area contributed by atoms with Crippen LogP contribution < -0.4 is 10.1 Å². The molecule has 1 aromatic carbocycles. The van der Waals surface area contributed by atoms with Crippen LogP contribution >= 0.6 is 0 Å². The van der Waals surface area contributed by atoms with Crippen LogP contribution in [0.2, 0.25) is 0 Å². The van der Waals surface area contributed by atoms with E-state index in [2.05, 4.69) is 51.2 Å². The van der Waals surface area contributed by atoms with Gasteiger partial charge in [0.2, 0.25) is 0 Å². The summed E-state index contributed by atoms with van der Waals surface area (Å²) in [6.45, 7) is 12.0. The Morgan fingerprint density at radius 3 is 2.26 bits per heavy atom. The molecule has 1 aromatic rings. The molecule has 0 aromatic heterocycles. The molecule has 1 N–H and O–H groups in total. The zero-order valence-corrected chi connectivity index (χ0v) is 12.7. The first-order valence-corrected chi connectivity index (χ1v) is 7.56. The van der Waals surface area contributed by atoms with Crippen molar-refractivity contribution in [2.24, 2.45) is 5.92 Å². The summed E-state index contributed by atoms with van der Waals surface area (Å²) in [6, 6.07) is 6.58. The van der Waals surface area contributed by atoms with Gasteiger partial charge in [0.1, 0.15) is 5.75 Å². The van der Waals surface area contributed by atoms with Gasteiger partial charge in [0.05, 0.1) is 6.61 Å². The highest BCUT2D eigenvalue weighted by Crippen LogP contribution is 2.34. The quantitative estimate of drug-likeness (QED) is 0.867. The minimum Gasteiger partial charge on any atom is -0.493 e. The van der Waals surface area contributed by atoms with Gasteiger partial charge in [0.25, 0.3) is 0 Å². The van der Waals surface area contributed by atoms with Gasteiger partial charge in [0, 0.05) is 12.5 Å². The summed E-state index contributed by atoms with van der Waals surface area (Å²) in [5.74, 6) is 2.82. The van der Waals surface area contributed by atoms with E-state index in [1.165, 1.54) is 17.5 Å². The third-order valence-electron chi connectivity index (χ3n) is 3.95. The van der Waals surface area contributed by atoms with Crippen molar-refractivity contribution in [3.05, 3.63) is 29.3 Å². The molecule has 1 atom stereocenters. The van der Waals surface area contributed by atoms with E-state index in [1.54, 1.807) is 0 Å². The van der Waals surface area contributed by atoms with Gasteiger partial charge >= 0.3 is 0 Å². The molecule has 106 valence electrons. The van der Waals surface area contributed by atoms with Crippen LogP contribution in [-0.2, 0) is 0 Å². The van der Waals surface area contributed by atoms with Crippen molar-refractivity contribution >= 4 is 0 Å². The van der Waals surface area contributed by atoms with E-state index < -0.39 is 0 Å². The van der Waals surface area contributed by atoms with Crippen molar-refractivity contribution in [1.29, 1.82) is 0 Å². The monoisotopic (exact) mass is 261 g/mol. The fourth-order valence-electron chi connectivity index (χ4n) is 2.71. The highest BCUT2D eigenvalue weighted by Gasteiger charge is 2.19. The molecule has 0 spiro atoms. The van der Waals surface area contributed by atoms with Crippen LogP contribution in [0, 0.1) is 5.92 Å². The highest BCUT2D eigenvalue weighted by molar-refractivity contribution is 5.44. The van der Waals surface area contributed by atoms with Gasteiger partial charge in [-0.05, 0) is 35.9 Å². The molecule has 0 saturated carbocycles. The predicted octanol–water partition coefficient (Wildman–Crippen LogP) is 3.92. The number of benzene rings is 1. The number of nitrogens with one attached hydrogen (secondary N) is 1. The van der Waals surface area contributed by atoms with Crippen LogP contribution in [-0.4, -0.2) is 19.7 Å². The number of hydrogen-bond donors (Lipinski definition) is 1. The second kappa shape index (κ2) is 6.42. The molecular weight excluding hydrogens is 234 g/mol. The maximum Gasteiger partial charge on any atom is 0.126 e. The molecular formula is C17H27NO. The Kier molecular flexibility index (Phi) is 4.87. The van der Waals surface area contributed by atoms with Crippen LogP contribution in [0.5, 0.6) is 5.75 Å². The Bertz CT molecular complexity index is 379. The average molecular weight is 261 g/mol. The van der Waals surface area contributed by atoms with Gasteiger partial charge < -0.3 is 10.1 Å². The van der Waals surface area contributed by atoms with Crippen LogP contribution in [0.25, 0.3) is 0 Å². The molecule has 2 heteroatoms. The van der Waals surface area contributed by atoms with Crippen molar-refractivity contribution < 1.29 is 4.74 Å². The summed E-state index contributed by atoms with van der Waals surface area (Å²) in [6.07, 6.45) is 1.24. The van der Waals surface area contributed by atoms with Gasteiger partial charge in [-0.25, -0.2) is 0 Å². The smallest absolute Gasteiger partial charge is 0.126 e. The maximum atomic E-state index is 6.23. The molecule has 1 aliphatic rings. The van der Waals surface area contributed by atoms with Gasteiger partial charge in [-0.3, -0.25) is 0 Å². The van der Waals surface area contributed by atoms with E-state index in [0.717, 1.165) is 25.4 Å². The van der Waals surface area contributed by atoms with Gasteiger partial charge in [-0.2, -0.15) is 0 Å². The number of ether oxygens (including phenoxy) is 1. The standard InChI is InChI=1S/C17H27NO/c1-12(2)15-6-5-7-16(13(3)4)17(15)19-11-14-8-9-18-10-14/h5-7,12-14,18H,8-11H2,1-4H3. The largest absolute Gasteiger partial charge is 0.493 e. The molecule has 1 heterocycles. The van der Waals surface area contributed by atoms with Gasteiger partial charge in [0.15, 0.2) is 0 Å². The lowest BCUT2D eigenvalue weighted by Gasteiger charge is -2.21. The van der Waals surface area contributed by atoms with E-state index in [4.69, 9.17) is 4.74 Å². The van der Waals surface area contributed by atoms with Crippen LogP contribution in [0.4, 0.5) is 0 Å². The minimum atomic E-state index is 0.510. The van der Waals surface area contributed by atoms with E-state index in [9.17, 15) is 0 Å². The summed E-state index contributed by atoms with van der Waals surface area (Å²) in [4.78, 5) is 0. The van der Waals surface area contributed by atoms with Crippen molar-refractivity contribution in [2.75, 3.05) is 19.7 Å². The first-order chi connectivity index (χ1) is 9.09. The third-order valence-corrected chi connectivity index (χ3v) is 3.95. The van der Waals surface area contributed by atoms with Crippen molar-refractivity contribution in [3.63, 3.8) is 0 Å². The molecule has 1 saturated heterocycles. The summed E-state index contributed by atoms with van der Waals surface area (Å²) in [5, 5.41) is 3.40. The summed E-state index contributed by atoms with van der Waals surface area (Å²) >= 11 is 0. The van der Waals surface area contributed by atoms with Gasteiger partial charge in [-0.15, -0.1) is 0 Å². The summed E-state index contributed by atoms with van der Waals surface area (Å²) < 4.78 is 6.23. The molecule has 2 rings (SSSR count). The predicted molar refractivity (Wildman–Crippen MR) is 81.1 cm³/mol. The molecule has 0 aliphatic carbocycles. The number of rotatable bonds is 5. The number of para-hydroxylation sites is 1. The van der Waals surface area contributed by atoms with Crippen LogP contribution in [0.1, 0.15) is 57.1 Å². The second-order valence-electron chi connectivity index (χ2n) is 6.24. The Morgan fingerprint density at radius 2 is 1.79 bits per heavy atom. The number of hydrogen-bond acceptors (Lipinski definition) is 2. The lowest BCUT2D eigenvalue weighted by molar-refractivity contribution is 0.254. The van der Waals surface area contributed by atoms with Crippen molar-refractivity contribution in [2.45, 2.75) is 46.0 Å². The molecule has 0 amide bonds. The molecule has 0 radical (unpaired) electrons. The average Bonchev–Trinajstić information content (AvgIpc) is 2.88. The van der Waals surface area contributed by atoms with Crippen molar-refractivity contribution in [3.8, 4) is 5.75 Å². The molecule has 1 fully saturated rings. The lowest BCUT2D eigenvalue weighted by Crippen LogP contribution is -2.17. The van der Waals surface area contributed by atoms with E-state index in [1.807, 2.05) is 0 Å². The molecule has 19 heavy (non-hydrogen) atoms. The lowest BCUT2D eigenvalue weighted by atomic mass is 9.94. The molecule has 0 bridgehead atoms. The fraction of sp³-hybridized carbons (Fsp3) is 0.647.